The molecule has 2 rings (SSSR count). The summed E-state index contributed by atoms with van der Waals surface area (Å²) in [4.78, 5) is 19.9. The van der Waals surface area contributed by atoms with Crippen LogP contribution in [0.5, 0.6) is 0 Å². The molecule has 0 aliphatic rings. The van der Waals surface area contributed by atoms with Crippen molar-refractivity contribution in [2.75, 3.05) is 5.73 Å². The highest BCUT2D eigenvalue weighted by atomic mass is 15.1. The second kappa shape index (κ2) is 11.6. The van der Waals surface area contributed by atoms with Gasteiger partial charge in [0.05, 0.1) is 0 Å². The van der Waals surface area contributed by atoms with E-state index in [0.717, 1.165) is 36.6 Å². The molecule has 2 heterocycles. The van der Waals surface area contributed by atoms with Gasteiger partial charge in [0.1, 0.15) is 18.0 Å². The van der Waals surface area contributed by atoms with Gasteiger partial charge in [-0.2, -0.15) is 4.98 Å². The van der Waals surface area contributed by atoms with Gasteiger partial charge in [0.2, 0.25) is 5.95 Å². The Morgan fingerprint density at radius 2 is 1.56 bits per heavy atom. The topological polar surface area (TPSA) is 93.4 Å². The number of aryl methyl sites for hydroxylation is 3. The lowest BCUT2D eigenvalue weighted by molar-refractivity contribution is 0.562. The predicted octanol–water partition coefficient (Wildman–Crippen LogP) is 4.04. The van der Waals surface area contributed by atoms with E-state index in [-0.39, 0.29) is 5.95 Å². The van der Waals surface area contributed by atoms with Gasteiger partial charge in [-0.15, -0.1) is 0 Å². The molecule has 0 bridgehead atoms. The Hall–Kier alpha value is -1.98. The molecule has 6 heteroatoms. The summed E-state index contributed by atoms with van der Waals surface area (Å²) in [5, 5.41) is 0. The fourth-order valence-electron chi connectivity index (χ4n) is 2.97. The van der Waals surface area contributed by atoms with Gasteiger partial charge < -0.3 is 10.7 Å². The molecule has 0 aliphatic heterocycles. The van der Waals surface area contributed by atoms with Gasteiger partial charge in [0.25, 0.3) is 0 Å². The van der Waals surface area contributed by atoms with Crippen molar-refractivity contribution in [3.8, 4) is 0 Å². The summed E-state index contributed by atoms with van der Waals surface area (Å²) in [6, 6.07) is 0. The number of H-pyrrole nitrogens is 1. The van der Waals surface area contributed by atoms with Crippen LogP contribution in [0.25, 0.3) is 0 Å². The summed E-state index contributed by atoms with van der Waals surface area (Å²) in [6.45, 7) is 2.27. The van der Waals surface area contributed by atoms with Crippen LogP contribution in [0.3, 0.4) is 0 Å². The lowest BCUT2D eigenvalue weighted by atomic mass is 10.1. The van der Waals surface area contributed by atoms with Crippen molar-refractivity contribution in [3.63, 3.8) is 0 Å². The van der Waals surface area contributed by atoms with Crippen LogP contribution in [-0.2, 0) is 19.3 Å². The lowest BCUT2D eigenvalue weighted by Crippen LogP contribution is -2.03. The lowest BCUT2D eigenvalue weighted by Gasteiger charge is -2.01. The second-order valence-corrected chi connectivity index (χ2v) is 6.69. The largest absolute Gasteiger partial charge is 0.368 e. The molecule has 6 nitrogen and oxygen atoms in total. The van der Waals surface area contributed by atoms with E-state index in [1.165, 1.54) is 64.1 Å². The minimum absolute atomic E-state index is 0.278. The number of imidazole rings is 1. The Labute approximate surface area is 151 Å². The average Bonchev–Trinajstić information content (AvgIpc) is 3.06. The molecule has 0 unspecified atom stereocenters. The number of rotatable bonds is 13. The zero-order chi connectivity index (χ0) is 17.7. The second-order valence-electron chi connectivity index (χ2n) is 6.69. The maximum Gasteiger partial charge on any atom is 0.223 e. The van der Waals surface area contributed by atoms with Crippen LogP contribution in [0.15, 0.2) is 12.5 Å². The molecular weight excluding hydrogens is 312 g/mol. The van der Waals surface area contributed by atoms with Crippen LogP contribution in [0.1, 0.15) is 82.1 Å². The molecule has 3 N–H and O–H groups in total. The number of aromatic nitrogens is 5. The zero-order valence-electron chi connectivity index (χ0n) is 15.5. The molecule has 0 saturated heterocycles. The highest BCUT2D eigenvalue weighted by Gasteiger charge is 2.04. The van der Waals surface area contributed by atoms with E-state index >= 15 is 0 Å². The number of nitrogens with one attached hydrogen (secondary N) is 1. The van der Waals surface area contributed by atoms with Crippen molar-refractivity contribution >= 4 is 5.95 Å². The van der Waals surface area contributed by atoms with Crippen LogP contribution >= 0.6 is 0 Å². The Morgan fingerprint density at radius 3 is 2.28 bits per heavy atom. The first-order valence-corrected chi connectivity index (χ1v) is 9.74. The average molecular weight is 345 g/mol. The molecule has 0 amide bonds. The van der Waals surface area contributed by atoms with Crippen molar-refractivity contribution in [1.29, 1.82) is 0 Å². The number of anilines is 1. The molecule has 0 aliphatic carbocycles. The minimum atomic E-state index is 0.278. The van der Waals surface area contributed by atoms with Crippen molar-refractivity contribution in [3.05, 3.63) is 29.9 Å². The van der Waals surface area contributed by atoms with Gasteiger partial charge in [0.15, 0.2) is 0 Å². The van der Waals surface area contributed by atoms with E-state index in [1.54, 1.807) is 0 Å². The van der Waals surface area contributed by atoms with Crippen molar-refractivity contribution < 1.29 is 0 Å². The summed E-state index contributed by atoms with van der Waals surface area (Å²) in [5.41, 5.74) is 6.70. The van der Waals surface area contributed by atoms with E-state index in [2.05, 4.69) is 31.8 Å². The molecule has 0 spiro atoms. The van der Waals surface area contributed by atoms with Gasteiger partial charge >= 0.3 is 0 Å². The summed E-state index contributed by atoms with van der Waals surface area (Å²) in [5.74, 6) is 2.09. The van der Waals surface area contributed by atoms with E-state index in [0.29, 0.717) is 0 Å². The van der Waals surface area contributed by atoms with Crippen molar-refractivity contribution in [2.24, 2.45) is 0 Å². The standard InChI is InChI=1S/C19H32N6/c1-2-3-4-5-6-7-8-9-10-11-17-21-14-16(24-17)12-13-18-22-15-23-19(20)25-18/h14-15H,2-13H2,1H3,(H,21,24)(H2,20,22,23,25). The number of nitrogens with two attached hydrogens (primary N) is 1. The Balaban J connectivity index is 1.55. The number of hydrogen-bond donors (Lipinski definition) is 2. The summed E-state index contributed by atoms with van der Waals surface area (Å²) in [7, 11) is 0. The number of hydrogen-bond acceptors (Lipinski definition) is 5. The number of aromatic amines is 1. The Kier molecular flexibility index (Phi) is 8.94. The van der Waals surface area contributed by atoms with Gasteiger partial charge in [-0.05, 0) is 12.8 Å². The van der Waals surface area contributed by atoms with Crippen molar-refractivity contribution in [1.82, 2.24) is 24.9 Å². The fourth-order valence-corrected chi connectivity index (χ4v) is 2.97. The molecule has 0 saturated carbocycles. The van der Waals surface area contributed by atoms with Gasteiger partial charge in [-0.1, -0.05) is 58.3 Å². The number of nitrogens with zero attached hydrogens (tertiary/aromatic N) is 4. The van der Waals surface area contributed by atoms with E-state index < -0.39 is 0 Å². The monoisotopic (exact) mass is 344 g/mol. The zero-order valence-corrected chi connectivity index (χ0v) is 15.5. The molecular formula is C19H32N6. The molecule has 2 aromatic rings. The van der Waals surface area contributed by atoms with E-state index in [1.807, 2.05) is 6.20 Å². The van der Waals surface area contributed by atoms with Gasteiger partial charge in [-0.25, -0.2) is 15.0 Å². The first kappa shape index (κ1) is 19.3. The van der Waals surface area contributed by atoms with Crippen LogP contribution < -0.4 is 5.73 Å². The molecule has 0 fully saturated rings. The maximum absolute atomic E-state index is 5.57. The SMILES string of the molecule is CCCCCCCCCCCc1ncc(CCc2ncnc(N)n2)[nH]1. The molecule has 138 valence electrons. The van der Waals surface area contributed by atoms with E-state index in [9.17, 15) is 0 Å². The van der Waals surface area contributed by atoms with Crippen LogP contribution in [0, 0.1) is 0 Å². The molecule has 25 heavy (non-hydrogen) atoms. The number of unbranched alkanes of at least 4 members (excludes halogenated alkanes) is 8. The molecule has 0 radical (unpaired) electrons. The predicted molar refractivity (Wildman–Crippen MR) is 101 cm³/mol. The first-order chi connectivity index (χ1) is 12.3. The summed E-state index contributed by atoms with van der Waals surface area (Å²) < 4.78 is 0. The third-order valence-electron chi connectivity index (χ3n) is 4.46. The van der Waals surface area contributed by atoms with Crippen molar-refractivity contribution in [2.45, 2.75) is 84.0 Å². The summed E-state index contributed by atoms with van der Waals surface area (Å²) >= 11 is 0. The normalized spacial score (nSPS) is 11.1. The van der Waals surface area contributed by atoms with E-state index in [4.69, 9.17) is 5.73 Å². The van der Waals surface area contributed by atoms with Gasteiger partial charge in [0, 0.05) is 24.7 Å². The first-order valence-electron chi connectivity index (χ1n) is 9.74. The maximum atomic E-state index is 5.57. The minimum Gasteiger partial charge on any atom is -0.368 e. The highest BCUT2D eigenvalue weighted by molar-refractivity contribution is 5.13. The molecule has 2 aromatic heterocycles. The quantitative estimate of drug-likeness (QED) is 0.535. The molecule has 0 aromatic carbocycles. The van der Waals surface area contributed by atoms with Crippen LogP contribution in [0.2, 0.25) is 0 Å². The third kappa shape index (κ3) is 8.09. The number of nitrogen functional groups attached to an aromatic ring is 1. The highest BCUT2D eigenvalue weighted by Crippen LogP contribution is 2.11. The smallest absolute Gasteiger partial charge is 0.223 e. The van der Waals surface area contributed by atoms with Crippen LogP contribution in [0.4, 0.5) is 5.95 Å². The molecule has 0 atom stereocenters. The van der Waals surface area contributed by atoms with Gasteiger partial charge in [-0.3, -0.25) is 0 Å². The summed E-state index contributed by atoms with van der Waals surface area (Å²) in [6.07, 6.45) is 18.2. The Morgan fingerprint density at radius 1 is 0.840 bits per heavy atom. The Bertz CT molecular complexity index is 595. The fraction of sp³-hybridized carbons (Fsp3) is 0.684. The van der Waals surface area contributed by atoms with Crippen LogP contribution in [-0.4, -0.2) is 24.9 Å². The third-order valence-corrected chi connectivity index (χ3v) is 4.46.